The molecule has 0 unspecified atom stereocenters. The van der Waals surface area contributed by atoms with E-state index in [1.54, 1.807) is 35.7 Å². The van der Waals surface area contributed by atoms with Crippen LogP contribution < -0.4 is 11.2 Å². The van der Waals surface area contributed by atoms with Gasteiger partial charge in [0.05, 0.1) is 5.69 Å². The monoisotopic (exact) mass is 485 g/mol. The highest BCUT2D eigenvalue weighted by atomic mass is 16.3. The Morgan fingerprint density at radius 3 is 2.25 bits per heavy atom. The van der Waals surface area contributed by atoms with Crippen molar-refractivity contribution in [1.82, 2.24) is 23.1 Å². The Morgan fingerprint density at radius 2 is 1.56 bits per heavy atom. The molecule has 3 heterocycles. The van der Waals surface area contributed by atoms with Crippen LogP contribution in [0.4, 0.5) is 0 Å². The van der Waals surface area contributed by atoms with Gasteiger partial charge in [0, 0.05) is 31.5 Å². The van der Waals surface area contributed by atoms with Crippen molar-refractivity contribution in [1.29, 1.82) is 0 Å². The highest BCUT2D eigenvalue weighted by molar-refractivity contribution is 5.79. The minimum Gasteiger partial charge on any atom is -0.508 e. The quantitative estimate of drug-likeness (QED) is 0.327. The molecule has 0 atom stereocenters. The number of fused-ring (bicyclic) bond motifs is 3. The van der Waals surface area contributed by atoms with Gasteiger partial charge in [0.1, 0.15) is 5.75 Å². The smallest absolute Gasteiger partial charge is 0.332 e. The lowest BCUT2D eigenvalue weighted by atomic mass is 10.0. The van der Waals surface area contributed by atoms with Gasteiger partial charge in [-0.05, 0) is 42.7 Å². The van der Waals surface area contributed by atoms with E-state index in [0.717, 1.165) is 27.9 Å². The normalized spacial score (nSPS) is 11.6. The van der Waals surface area contributed by atoms with Crippen molar-refractivity contribution in [2.45, 2.75) is 45.4 Å². The summed E-state index contributed by atoms with van der Waals surface area (Å²) in [4.78, 5) is 30.3. The number of rotatable bonds is 8. The van der Waals surface area contributed by atoms with Crippen LogP contribution in [0.15, 0.2) is 64.3 Å². The van der Waals surface area contributed by atoms with Crippen LogP contribution >= 0.6 is 0 Å². The summed E-state index contributed by atoms with van der Waals surface area (Å²) in [6, 6.07) is 15.4. The first-order valence-corrected chi connectivity index (χ1v) is 12.5. The maximum absolute atomic E-state index is 13.1. The number of phenols is 1. The lowest BCUT2D eigenvalue weighted by Crippen LogP contribution is -2.37. The maximum Gasteiger partial charge on any atom is 0.332 e. The summed E-state index contributed by atoms with van der Waals surface area (Å²) in [7, 11) is 3.09. The average Bonchev–Trinajstić information content (AvgIpc) is 3.44. The molecule has 0 saturated heterocycles. The van der Waals surface area contributed by atoms with Crippen LogP contribution in [0.1, 0.15) is 44.6 Å². The standard InChI is InChI=1S/C28H31N5O3/c1-4-5-6-7-8-9-19-10-12-20(13-11-19)23-18-32-24-25(30(2)28(36)31(3)26(24)35)29-27(32)33(23)21-14-16-22(34)17-15-21/h10-18,34H,4-9H2,1-3H3. The molecule has 3 aromatic heterocycles. The second-order valence-corrected chi connectivity index (χ2v) is 9.39. The van der Waals surface area contributed by atoms with Gasteiger partial charge >= 0.3 is 5.69 Å². The molecule has 0 bridgehead atoms. The van der Waals surface area contributed by atoms with Crippen LogP contribution in [-0.4, -0.2) is 28.2 Å². The summed E-state index contributed by atoms with van der Waals surface area (Å²) >= 11 is 0. The summed E-state index contributed by atoms with van der Waals surface area (Å²) in [6.07, 6.45) is 9.21. The van der Waals surface area contributed by atoms with E-state index in [1.165, 1.54) is 49.3 Å². The molecular weight excluding hydrogens is 454 g/mol. The highest BCUT2D eigenvalue weighted by Crippen LogP contribution is 2.30. The number of aromatic hydroxyl groups is 1. The highest BCUT2D eigenvalue weighted by Gasteiger charge is 2.21. The maximum atomic E-state index is 13.1. The number of unbranched alkanes of at least 4 members (excludes halogenated alkanes) is 4. The molecule has 0 saturated carbocycles. The van der Waals surface area contributed by atoms with Crippen LogP contribution in [0.2, 0.25) is 0 Å². The number of imidazole rings is 2. The van der Waals surface area contributed by atoms with Crippen LogP contribution in [0.3, 0.4) is 0 Å². The molecule has 0 spiro atoms. The Bertz CT molecular complexity index is 1650. The average molecular weight is 486 g/mol. The molecule has 0 aliphatic heterocycles. The van der Waals surface area contributed by atoms with E-state index in [-0.39, 0.29) is 5.75 Å². The van der Waals surface area contributed by atoms with E-state index in [9.17, 15) is 14.7 Å². The molecule has 0 radical (unpaired) electrons. The lowest BCUT2D eigenvalue weighted by Gasteiger charge is -2.10. The van der Waals surface area contributed by atoms with Crippen LogP contribution in [0, 0.1) is 0 Å². The Kier molecular flexibility index (Phi) is 6.26. The van der Waals surface area contributed by atoms with Crippen LogP contribution in [0.5, 0.6) is 5.75 Å². The summed E-state index contributed by atoms with van der Waals surface area (Å²) in [5, 5.41) is 9.84. The Balaban J connectivity index is 1.64. The minimum absolute atomic E-state index is 0.163. The molecule has 5 rings (SSSR count). The Labute approximate surface area is 208 Å². The van der Waals surface area contributed by atoms with E-state index in [4.69, 9.17) is 4.98 Å². The molecule has 8 heteroatoms. The number of phenolic OH excluding ortho intramolecular Hbond substituents is 1. The lowest BCUT2D eigenvalue weighted by molar-refractivity contribution is 0.475. The van der Waals surface area contributed by atoms with Gasteiger partial charge in [0.15, 0.2) is 11.2 Å². The molecule has 36 heavy (non-hydrogen) atoms. The molecule has 186 valence electrons. The SMILES string of the molecule is CCCCCCCc1ccc(-c2cn3c4c(=O)n(C)c(=O)n(C)c4nc3n2-c2ccc(O)cc2)cc1. The zero-order valence-corrected chi connectivity index (χ0v) is 20.9. The topological polar surface area (TPSA) is 86.5 Å². The number of aryl methyl sites for hydroxylation is 2. The molecule has 5 aromatic rings. The second-order valence-electron chi connectivity index (χ2n) is 9.39. The van der Waals surface area contributed by atoms with Gasteiger partial charge < -0.3 is 5.11 Å². The third kappa shape index (κ3) is 4.02. The zero-order chi connectivity index (χ0) is 25.4. The molecule has 0 amide bonds. The van der Waals surface area contributed by atoms with Gasteiger partial charge in [-0.15, -0.1) is 0 Å². The number of benzene rings is 2. The molecular formula is C28H31N5O3. The summed E-state index contributed by atoms with van der Waals surface area (Å²) in [6.45, 7) is 2.23. The Hall–Kier alpha value is -4.07. The third-order valence-corrected chi connectivity index (χ3v) is 6.89. The molecule has 8 nitrogen and oxygen atoms in total. The van der Waals surface area contributed by atoms with Gasteiger partial charge in [-0.1, -0.05) is 56.9 Å². The molecule has 0 fully saturated rings. The van der Waals surface area contributed by atoms with Crippen molar-refractivity contribution in [3.63, 3.8) is 0 Å². The number of aromatic nitrogens is 5. The summed E-state index contributed by atoms with van der Waals surface area (Å²) in [5.41, 5.74) is 3.79. The van der Waals surface area contributed by atoms with Gasteiger partial charge in [-0.3, -0.25) is 22.9 Å². The first kappa shape index (κ1) is 23.7. The first-order valence-electron chi connectivity index (χ1n) is 12.5. The zero-order valence-electron chi connectivity index (χ0n) is 20.9. The van der Waals surface area contributed by atoms with Crippen molar-refractivity contribution in [3.05, 3.63) is 81.1 Å². The van der Waals surface area contributed by atoms with E-state index < -0.39 is 11.2 Å². The van der Waals surface area contributed by atoms with Gasteiger partial charge in [0.25, 0.3) is 5.56 Å². The molecule has 1 N–H and O–H groups in total. The third-order valence-electron chi connectivity index (χ3n) is 6.89. The minimum atomic E-state index is -0.421. The van der Waals surface area contributed by atoms with Gasteiger partial charge in [-0.2, -0.15) is 4.98 Å². The fraction of sp³-hybridized carbons (Fsp3) is 0.321. The number of hydrogen-bond acceptors (Lipinski definition) is 4. The molecule has 2 aromatic carbocycles. The number of hydrogen-bond donors (Lipinski definition) is 1. The van der Waals surface area contributed by atoms with Crippen molar-refractivity contribution < 1.29 is 5.11 Å². The first-order chi connectivity index (χ1) is 17.4. The van der Waals surface area contributed by atoms with Gasteiger partial charge in [-0.25, -0.2) is 4.79 Å². The Morgan fingerprint density at radius 1 is 0.861 bits per heavy atom. The fourth-order valence-corrected chi connectivity index (χ4v) is 4.81. The predicted octanol–water partition coefficient (Wildman–Crippen LogP) is 4.56. The van der Waals surface area contributed by atoms with Crippen molar-refractivity contribution in [3.8, 4) is 22.7 Å². The molecule has 0 aliphatic carbocycles. The van der Waals surface area contributed by atoms with E-state index in [1.807, 2.05) is 10.8 Å². The summed E-state index contributed by atoms with van der Waals surface area (Å²) in [5.74, 6) is 0.681. The van der Waals surface area contributed by atoms with Crippen LogP contribution in [0.25, 0.3) is 33.9 Å². The predicted molar refractivity (Wildman–Crippen MR) is 142 cm³/mol. The van der Waals surface area contributed by atoms with Gasteiger partial charge in [0.2, 0.25) is 5.78 Å². The van der Waals surface area contributed by atoms with E-state index in [2.05, 4.69) is 31.2 Å². The number of nitrogens with zero attached hydrogens (tertiary/aromatic N) is 5. The van der Waals surface area contributed by atoms with Crippen LogP contribution in [-0.2, 0) is 20.5 Å². The van der Waals surface area contributed by atoms with Crippen molar-refractivity contribution in [2.24, 2.45) is 14.1 Å². The summed E-state index contributed by atoms with van der Waals surface area (Å²) < 4.78 is 6.19. The fourth-order valence-electron chi connectivity index (χ4n) is 4.81. The van der Waals surface area contributed by atoms with Crippen molar-refractivity contribution in [2.75, 3.05) is 0 Å². The van der Waals surface area contributed by atoms with E-state index in [0.29, 0.717) is 16.9 Å². The van der Waals surface area contributed by atoms with E-state index >= 15 is 0 Å². The second kappa shape index (κ2) is 9.53. The molecule has 0 aliphatic rings. The largest absolute Gasteiger partial charge is 0.508 e. The van der Waals surface area contributed by atoms with Crippen molar-refractivity contribution >= 4 is 16.9 Å².